The summed E-state index contributed by atoms with van der Waals surface area (Å²) in [5.74, 6) is 0.260. The van der Waals surface area contributed by atoms with Gasteiger partial charge in [-0.2, -0.15) is 0 Å². The maximum absolute atomic E-state index is 11.3. The predicted octanol–water partition coefficient (Wildman–Crippen LogP) is 2.42. The van der Waals surface area contributed by atoms with Crippen molar-refractivity contribution < 1.29 is 20.4 Å². The summed E-state index contributed by atoms with van der Waals surface area (Å²) in [6.07, 6.45) is 7.55. The van der Waals surface area contributed by atoms with Gasteiger partial charge in [0.15, 0.2) is 0 Å². The van der Waals surface area contributed by atoms with Gasteiger partial charge in [-0.1, -0.05) is 31.6 Å². The largest absolute Gasteiger partial charge is 0.394 e. The zero-order valence-corrected chi connectivity index (χ0v) is 15.6. The van der Waals surface area contributed by atoms with Crippen LogP contribution in [0.1, 0.15) is 52.4 Å². The Bertz CT molecular complexity index is 544. The van der Waals surface area contributed by atoms with Gasteiger partial charge in [-0.05, 0) is 55.8 Å². The number of hydrogen-bond donors (Lipinski definition) is 4. The van der Waals surface area contributed by atoms with Crippen LogP contribution in [0.15, 0.2) is 24.3 Å². The summed E-state index contributed by atoms with van der Waals surface area (Å²) in [7, 11) is 0. The molecule has 0 spiro atoms. The van der Waals surface area contributed by atoms with Crippen molar-refractivity contribution in [3.05, 3.63) is 24.3 Å². The monoisotopic (exact) mass is 350 g/mol. The van der Waals surface area contributed by atoms with Crippen LogP contribution in [0, 0.1) is 28.6 Å². The van der Waals surface area contributed by atoms with Crippen molar-refractivity contribution in [2.24, 2.45) is 28.6 Å². The summed E-state index contributed by atoms with van der Waals surface area (Å²) in [6, 6.07) is 0. The van der Waals surface area contributed by atoms with E-state index in [1.807, 2.05) is 6.92 Å². The Balaban J connectivity index is 1.89. The molecule has 3 rings (SSSR count). The molecular weight excluding hydrogens is 316 g/mol. The Morgan fingerprint density at radius 3 is 2.64 bits per heavy atom. The molecule has 142 valence electrons. The standard InChI is InChI=1S/C21H34O4/c1-4-16(18(24)12-22)21(3)10-8-17-15(19(21)25)6-5-13-11-14(23)7-9-20(13,17)2/h4-5,14-19,22-25H,1,6-12H2,2-3H3/t14-,15+,16-,17-,18+,19-,20-,21+/m0/s1. The van der Waals surface area contributed by atoms with Crippen LogP contribution in [-0.4, -0.2) is 45.3 Å². The van der Waals surface area contributed by atoms with Gasteiger partial charge in [0.05, 0.1) is 24.9 Å². The molecule has 0 heterocycles. The Kier molecular flexibility index (Phi) is 5.20. The van der Waals surface area contributed by atoms with Gasteiger partial charge >= 0.3 is 0 Å². The van der Waals surface area contributed by atoms with E-state index in [1.54, 1.807) is 6.08 Å². The van der Waals surface area contributed by atoms with Crippen molar-refractivity contribution in [3.8, 4) is 0 Å². The van der Waals surface area contributed by atoms with Crippen LogP contribution in [-0.2, 0) is 0 Å². The fourth-order valence-electron chi connectivity index (χ4n) is 6.20. The minimum Gasteiger partial charge on any atom is -0.394 e. The van der Waals surface area contributed by atoms with E-state index < -0.39 is 17.6 Å². The number of fused-ring (bicyclic) bond motifs is 3. The summed E-state index contributed by atoms with van der Waals surface area (Å²) >= 11 is 0. The summed E-state index contributed by atoms with van der Waals surface area (Å²) in [5.41, 5.74) is 0.976. The first-order chi connectivity index (χ1) is 11.8. The summed E-state index contributed by atoms with van der Waals surface area (Å²) < 4.78 is 0. The van der Waals surface area contributed by atoms with Gasteiger partial charge < -0.3 is 20.4 Å². The van der Waals surface area contributed by atoms with E-state index in [4.69, 9.17) is 0 Å². The van der Waals surface area contributed by atoms with Crippen molar-refractivity contribution in [2.45, 2.75) is 70.7 Å². The van der Waals surface area contributed by atoms with Gasteiger partial charge in [0.1, 0.15) is 0 Å². The van der Waals surface area contributed by atoms with E-state index in [2.05, 4.69) is 19.6 Å². The highest BCUT2D eigenvalue weighted by Gasteiger charge is 2.56. The van der Waals surface area contributed by atoms with Crippen LogP contribution in [0.5, 0.6) is 0 Å². The minimum absolute atomic E-state index is 0.0731. The lowest BCUT2D eigenvalue weighted by Crippen LogP contribution is -2.56. The van der Waals surface area contributed by atoms with Crippen molar-refractivity contribution >= 4 is 0 Å². The molecule has 0 bridgehead atoms. The van der Waals surface area contributed by atoms with Crippen LogP contribution in [0.25, 0.3) is 0 Å². The van der Waals surface area contributed by atoms with E-state index in [-0.39, 0.29) is 30.0 Å². The lowest BCUT2D eigenvalue weighted by atomic mass is 9.48. The van der Waals surface area contributed by atoms with Crippen LogP contribution in [0.2, 0.25) is 0 Å². The molecule has 3 aliphatic carbocycles. The number of hydrogen-bond acceptors (Lipinski definition) is 4. The zero-order valence-electron chi connectivity index (χ0n) is 15.6. The third-order valence-corrected chi connectivity index (χ3v) is 7.85. The molecule has 0 amide bonds. The molecule has 0 unspecified atom stereocenters. The molecule has 2 fully saturated rings. The molecule has 0 aromatic carbocycles. The molecule has 3 aliphatic rings. The van der Waals surface area contributed by atoms with Crippen LogP contribution in [0.3, 0.4) is 0 Å². The quantitative estimate of drug-likeness (QED) is 0.587. The second-order valence-corrected chi connectivity index (χ2v) is 9.05. The molecule has 4 nitrogen and oxygen atoms in total. The third-order valence-electron chi connectivity index (χ3n) is 7.85. The molecule has 0 radical (unpaired) electrons. The number of aliphatic hydroxyl groups is 4. The first kappa shape index (κ1) is 19.1. The Labute approximate surface area is 151 Å². The summed E-state index contributed by atoms with van der Waals surface area (Å²) in [4.78, 5) is 0. The topological polar surface area (TPSA) is 80.9 Å². The van der Waals surface area contributed by atoms with Gasteiger partial charge in [-0.3, -0.25) is 0 Å². The Hall–Kier alpha value is -0.680. The van der Waals surface area contributed by atoms with Crippen molar-refractivity contribution in [1.82, 2.24) is 0 Å². The van der Waals surface area contributed by atoms with E-state index in [0.717, 1.165) is 38.5 Å². The molecule has 25 heavy (non-hydrogen) atoms. The average molecular weight is 350 g/mol. The second kappa shape index (κ2) is 6.80. The highest BCUT2D eigenvalue weighted by molar-refractivity contribution is 5.25. The molecule has 4 heteroatoms. The van der Waals surface area contributed by atoms with E-state index in [9.17, 15) is 20.4 Å². The first-order valence-electron chi connectivity index (χ1n) is 9.75. The molecular formula is C21H34O4. The predicted molar refractivity (Wildman–Crippen MR) is 97.8 cm³/mol. The van der Waals surface area contributed by atoms with Crippen molar-refractivity contribution in [1.29, 1.82) is 0 Å². The Morgan fingerprint density at radius 1 is 1.28 bits per heavy atom. The zero-order chi connectivity index (χ0) is 18.4. The number of allylic oxidation sites excluding steroid dienone is 1. The number of rotatable bonds is 4. The number of aliphatic hydroxyl groups excluding tert-OH is 4. The third kappa shape index (κ3) is 2.91. The fourth-order valence-corrected chi connectivity index (χ4v) is 6.20. The second-order valence-electron chi connectivity index (χ2n) is 9.05. The average Bonchev–Trinajstić information content (AvgIpc) is 2.59. The fraction of sp³-hybridized carbons (Fsp3) is 0.810. The first-order valence-corrected chi connectivity index (χ1v) is 9.75. The molecule has 2 saturated carbocycles. The highest BCUT2D eigenvalue weighted by atomic mass is 16.3. The molecule has 0 aromatic heterocycles. The Morgan fingerprint density at radius 2 is 2.00 bits per heavy atom. The lowest BCUT2D eigenvalue weighted by molar-refractivity contribution is -0.138. The maximum atomic E-state index is 11.3. The van der Waals surface area contributed by atoms with E-state index in [1.165, 1.54) is 5.57 Å². The van der Waals surface area contributed by atoms with Crippen molar-refractivity contribution in [3.63, 3.8) is 0 Å². The van der Waals surface area contributed by atoms with Crippen LogP contribution < -0.4 is 0 Å². The molecule has 0 aliphatic heterocycles. The summed E-state index contributed by atoms with van der Waals surface area (Å²) in [6.45, 7) is 7.88. The van der Waals surface area contributed by atoms with Crippen molar-refractivity contribution in [2.75, 3.05) is 6.61 Å². The summed E-state index contributed by atoms with van der Waals surface area (Å²) in [5, 5.41) is 41.0. The normalized spacial score (nSPS) is 46.4. The SMILES string of the molecule is C=C[C@@H]([C@H](O)CO)[C@@]1(C)CC[C@H]2[C@@H](CC=C3C[C@@H](O)CC[C@@]32C)[C@@H]1O. The molecule has 0 saturated heterocycles. The van der Waals surface area contributed by atoms with Gasteiger partial charge in [-0.15, -0.1) is 6.58 Å². The maximum Gasteiger partial charge on any atom is 0.0839 e. The van der Waals surface area contributed by atoms with Crippen LogP contribution >= 0.6 is 0 Å². The van der Waals surface area contributed by atoms with Gasteiger partial charge in [0.2, 0.25) is 0 Å². The molecule has 4 N–H and O–H groups in total. The van der Waals surface area contributed by atoms with E-state index >= 15 is 0 Å². The smallest absolute Gasteiger partial charge is 0.0839 e. The molecule has 0 aromatic rings. The lowest BCUT2D eigenvalue weighted by Gasteiger charge is -2.58. The molecule has 8 atom stereocenters. The van der Waals surface area contributed by atoms with Gasteiger partial charge in [-0.25, -0.2) is 0 Å². The van der Waals surface area contributed by atoms with Crippen LogP contribution in [0.4, 0.5) is 0 Å². The van der Waals surface area contributed by atoms with Gasteiger partial charge in [0.25, 0.3) is 0 Å². The van der Waals surface area contributed by atoms with Gasteiger partial charge in [0, 0.05) is 11.3 Å². The highest BCUT2D eigenvalue weighted by Crippen LogP contribution is 2.60. The van der Waals surface area contributed by atoms with E-state index in [0.29, 0.717) is 5.92 Å². The minimum atomic E-state index is -0.885.